The molecule has 2 radical (unpaired) electrons. The second kappa shape index (κ2) is 11.4. The third-order valence-electron chi connectivity index (χ3n) is 7.29. The largest absolute Gasteiger partial charge is 0.364 e. The number of para-hydroxylation sites is 2. The minimum atomic E-state index is -0.892. The summed E-state index contributed by atoms with van der Waals surface area (Å²) in [7, 11) is 5.36. The Morgan fingerprint density at radius 2 is 1.66 bits per heavy atom. The lowest BCUT2D eigenvalue weighted by Crippen LogP contribution is -2.55. The van der Waals surface area contributed by atoms with Gasteiger partial charge in [-0.25, -0.2) is 4.79 Å². The van der Waals surface area contributed by atoms with Crippen LogP contribution < -0.4 is 20.4 Å². The van der Waals surface area contributed by atoms with E-state index in [1.54, 1.807) is 18.2 Å². The average molecular weight is 514 g/mol. The van der Waals surface area contributed by atoms with Gasteiger partial charge in [0.1, 0.15) is 11.7 Å². The van der Waals surface area contributed by atoms with E-state index in [9.17, 15) is 19.2 Å². The molecule has 38 heavy (non-hydrogen) atoms. The number of ketones is 1. The van der Waals surface area contributed by atoms with Crippen molar-refractivity contribution in [1.29, 1.82) is 0 Å². The van der Waals surface area contributed by atoms with Crippen LogP contribution in [-0.4, -0.2) is 56.4 Å². The Morgan fingerprint density at radius 3 is 2.32 bits per heavy atom. The quantitative estimate of drug-likeness (QED) is 0.561. The molecule has 2 aliphatic rings. The molecule has 1 aliphatic heterocycles. The highest BCUT2D eigenvalue weighted by molar-refractivity contribution is 6.62. The lowest BCUT2D eigenvalue weighted by atomic mass is 9.90. The van der Waals surface area contributed by atoms with Crippen molar-refractivity contribution in [2.24, 2.45) is 5.41 Å². The Kier molecular flexibility index (Phi) is 8.24. The first-order valence-electron chi connectivity index (χ1n) is 13.2. The first-order valence-corrected chi connectivity index (χ1v) is 13.2. The van der Waals surface area contributed by atoms with Crippen LogP contribution in [0.1, 0.15) is 63.2 Å². The van der Waals surface area contributed by atoms with Gasteiger partial charge in [0.2, 0.25) is 0 Å². The molecule has 1 fully saturated rings. The molecule has 3 amide bonds. The fraction of sp³-hybridized carbons (Fsp3) is 0.448. The fourth-order valence-corrected chi connectivity index (χ4v) is 5.08. The van der Waals surface area contributed by atoms with Crippen molar-refractivity contribution >= 4 is 48.3 Å². The molecule has 198 valence electrons. The Hall–Kier alpha value is -3.62. The zero-order chi connectivity index (χ0) is 27.4. The topological polar surface area (TPSA) is 98.8 Å². The first kappa shape index (κ1) is 27.4. The number of carbonyl (C=O) groups is 4. The highest BCUT2D eigenvalue weighted by Gasteiger charge is 2.39. The Balaban J connectivity index is 1.65. The third kappa shape index (κ3) is 6.26. The molecule has 1 heterocycles. The molecule has 0 bridgehead atoms. The van der Waals surface area contributed by atoms with Crippen LogP contribution in [0.25, 0.3) is 0 Å². The van der Waals surface area contributed by atoms with Crippen molar-refractivity contribution in [3.63, 3.8) is 0 Å². The number of rotatable bonds is 6. The van der Waals surface area contributed by atoms with Crippen molar-refractivity contribution < 1.29 is 19.2 Å². The van der Waals surface area contributed by atoms with E-state index in [1.165, 1.54) is 17.4 Å². The van der Waals surface area contributed by atoms with Crippen molar-refractivity contribution in [2.45, 2.75) is 65.0 Å². The number of hydrogen-bond donors (Lipinski definition) is 2. The van der Waals surface area contributed by atoms with Crippen LogP contribution in [-0.2, 0) is 9.59 Å². The number of nitrogens with one attached hydrogen (secondary N) is 2. The maximum absolute atomic E-state index is 14.0. The van der Waals surface area contributed by atoms with Gasteiger partial charge in [-0.05, 0) is 37.1 Å². The zero-order valence-corrected chi connectivity index (χ0v) is 22.3. The van der Waals surface area contributed by atoms with Crippen LogP contribution in [0, 0.1) is 5.41 Å². The van der Waals surface area contributed by atoms with Gasteiger partial charge in [0.05, 0.1) is 17.9 Å². The van der Waals surface area contributed by atoms with E-state index in [0.29, 0.717) is 11.4 Å². The summed E-state index contributed by atoms with van der Waals surface area (Å²) in [4.78, 5) is 55.4. The van der Waals surface area contributed by atoms with Crippen LogP contribution in [0.5, 0.6) is 0 Å². The number of urea groups is 1. The maximum Gasteiger partial charge on any atom is 0.319 e. The molecule has 8 nitrogen and oxygen atoms in total. The normalized spacial score (nSPS) is 18.4. The summed E-state index contributed by atoms with van der Waals surface area (Å²) in [6, 6.07) is 12.7. The summed E-state index contributed by atoms with van der Waals surface area (Å²) >= 11 is 0. The Bertz CT molecular complexity index is 1220. The van der Waals surface area contributed by atoms with Gasteiger partial charge in [-0.3, -0.25) is 9.59 Å². The molecule has 4 rings (SSSR count). The van der Waals surface area contributed by atoms with Crippen molar-refractivity contribution in [1.82, 2.24) is 5.32 Å². The van der Waals surface area contributed by atoms with E-state index in [4.69, 9.17) is 7.85 Å². The standard InChI is InChI=1S/C29H35BN4O4/c1-29(2,3)25(35)18-34-24-15-8-7-14-23(24)33(21-12-5-4-6-13-21)17-22(27(34)37)32-28(38)31-20-11-9-10-19(16-20)26(30)36/h7-11,14-16,21-22H,4-6,12-13,17-18H2,1-3H3,(H2,31,32,38)/t22-/m1/s1. The minimum absolute atomic E-state index is 0.0711. The van der Waals surface area contributed by atoms with Gasteiger partial charge < -0.3 is 25.2 Å². The molecule has 0 saturated heterocycles. The zero-order valence-electron chi connectivity index (χ0n) is 22.3. The minimum Gasteiger partial charge on any atom is -0.364 e. The van der Waals surface area contributed by atoms with Crippen molar-refractivity contribution in [3.8, 4) is 0 Å². The van der Waals surface area contributed by atoms with Gasteiger partial charge in [0, 0.05) is 29.3 Å². The molecular weight excluding hydrogens is 479 g/mol. The molecule has 2 N–H and O–H groups in total. The number of nitrogens with zero attached hydrogens (tertiary/aromatic N) is 2. The summed E-state index contributed by atoms with van der Waals surface area (Å²) in [6.07, 6.45) is 5.41. The van der Waals surface area contributed by atoms with Crippen molar-refractivity contribution in [3.05, 3.63) is 54.1 Å². The van der Waals surface area contributed by atoms with Crippen LogP contribution in [0.3, 0.4) is 0 Å². The second-order valence-corrected chi connectivity index (χ2v) is 11.1. The van der Waals surface area contributed by atoms with Gasteiger partial charge in [-0.15, -0.1) is 0 Å². The molecular formula is C29H35BN4O4. The number of carbonyl (C=O) groups excluding carboxylic acids is 4. The lowest BCUT2D eigenvalue weighted by molar-refractivity contribution is -0.127. The highest BCUT2D eigenvalue weighted by atomic mass is 16.2. The smallest absolute Gasteiger partial charge is 0.319 e. The van der Waals surface area contributed by atoms with Gasteiger partial charge >= 0.3 is 6.03 Å². The van der Waals surface area contributed by atoms with Gasteiger partial charge in [-0.1, -0.05) is 64.3 Å². The van der Waals surface area contributed by atoms with E-state index >= 15 is 0 Å². The van der Waals surface area contributed by atoms with E-state index in [2.05, 4.69) is 15.5 Å². The van der Waals surface area contributed by atoms with E-state index in [0.717, 1.165) is 31.4 Å². The number of fused-ring (bicyclic) bond motifs is 1. The predicted molar refractivity (Wildman–Crippen MR) is 150 cm³/mol. The Labute approximate surface area is 225 Å². The van der Waals surface area contributed by atoms with E-state index in [1.807, 2.05) is 45.0 Å². The van der Waals surface area contributed by atoms with Crippen LogP contribution in [0.4, 0.5) is 21.9 Å². The van der Waals surface area contributed by atoms with Crippen LogP contribution in [0.15, 0.2) is 48.5 Å². The average Bonchev–Trinajstić information content (AvgIpc) is 2.99. The highest BCUT2D eigenvalue weighted by Crippen LogP contribution is 2.37. The van der Waals surface area contributed by atoms with Gasteiger partial charge in [-0.2, -0.15) is 0 Å². The summed E-state index contributed by atoms with van der Waals surface area (Å²) in [5, 5.41) is 5.55. The molecule has 1 aliphatic carbocycles. The summed E-state index contributed by atoms with van der Waals surface area (Å²) in [5.74, 6) is -0.410. The van der Waals surface area contributed by atoms with E-state index < -0.39 is 23.2 Å². The molecule has 0 spiro atoms. The predicted octanol–water partition coefficient (Wildman–Crippen LogP) is 4.29. The van der Waals surface area contributed by atoms with Gasteiger partial charge in [0.15, 0.2) is 13.6 Å². The third-order valence-corrected chi connectivity index (χ3v) is 7.29. The van der Waals surface area contributed by atoms with E-state index in [-0.39, 0.29) is 36.4 Å². The molecule has 0 unspecified atom stereocenters. The number of amides is 3. The SMILES string of the molecule is [B]C(=O)c1cccc(NC(=O)N[C@@H]2CN(C3CCCCC3)c3ccccc3N(CC(=O)C(C)(C)C)C2=O)c1. The fourth-order valence-electron chi connectivity index (χ4n) is 5.08. The number of benzene rings is 2. The monoisotopic (exact) mass is 514 g/mol. The molecule has 1 saturated carbocycles. The molecule has 0 aromatic heterocycles. The Morgan fingerprint density at radius 1 is 0.974 bits per heavy atom. The van der Waals surface area contributed by atoms with Crippen LogP contribution >= 0.6 is 0 Å². The lowest BCUT2D eigenvalue weighted by Gasteiger charge is -2.37. The second-order valence-electron chi connectivity index (χ2n) is 11.1. The summed E-state index contributed by atoms with van der Waals surface area (Å²) in [6.45, 7) is 5.71. The van der Waals surface area contributed by atoms with Crippen LogP contribution in [0.2, 0.25) is 0 Å². The van der Waals surface area contributed by atoms with Gasteiger partial charge in [0.25, 0.3) is 5.91 Å². The number of hydrogen-bond acceptors (Lipinski definition) is 5. The molecule has 2 aromatic rings. The number of Topliss-reactive ketones (excluding diaryl/α,β-unsaturated/α-hetero) is 1. The molecule has 9 heteroatoms. The molecule has 1 atom stereocenters. The first-order chi connectivity index (χ1) is 18.0. The number of anilines is 3. The summed E-state index contributed by atoms with van der Waals surface area (Å²) in [5.41, 5.74) is 0.989. The van der Waals surface area contributed by atoms with Crippen molar-refractivity contribution in [2.75, 3.05) is 28.2 Å². The summed E-state index contributed by atoms with van der Waals surface area (Å²) < 4.78 is 0. The molecule has 2 aromatic carbocycles. The maximum atomic E-state index is 14.0.